The molecular formula is C14H22F2O. The van der Waals surface area contributed by atoms with Gasteiger partial charge in [-0.25, -0.2) is 0 Å². The van der Waals surface area contributed by atoms with Crippen molar-refractivity contribution < 1.29 is 13.6 Å². The van der Waals surface area contributed by atoms with Crippen LogP contribution < -0.4 is 0 Å². The average molecular weight is 244 g/mol. The number of rotatable bonds is 6. The molecule has 3 heteroatoms. The summed E-state index contributed by atoms with van der Waals surface area (Å²) in [6, 6.07) is 0. The molecule has 0 aromatic rings. The van der Waals surface area contributed by atoms with E-state index < -0.39 is 11.7 Å². The van der Waals surface area contributed by atoms with Gasteiger partial charge in [0.2, 0.25) is 5.78 Å². The molecule has 0 aromatic heterocycles. The molecule has 0 radical (unpaired) electrons. The van der Waals surface area contributed by atoms with Gasteiger partial charge in [0.1, 0.15) is 0 Å². The van der Waals surface area contributed by atoms with Gasteiger partial charge in [-0.15, -0.1) is 0 Å². The van der Waals surface area contributed by atoms with Crippen molar-refractivity contribution in [3.63, 3.8) is 0 Å². The molecule has 0 saturated heterocycles. The minimum atomic E-state index is -3.17. The van der Waals surface area contributed by atoms with Crippen molar-refractivity contribution in [1.29, 1.82) is 0 Å². The van der Waals surface area contributed by atoms with Crippen molar-refractivity contribution >= 4 is 5.78 Å². The fourth-order valence-electron chi connectivity index (χ4n) is 2.31. The molecule has 0 aliphatic heterocycles. The Morgan fingerprint density at radius 2 is 2.12 bits per heavy atom. The molecule has 0 N–H and O–H groups in total. The first-order valence-corrected chi connectivity index (χ1v) is 6.58. The molecule has 1 rings (SSSR count). The van der Waals surface area contributed by atoms with E-state index in [0.29, 0.717) is 24.7 Å². The highest BCUT2D eigenvalue weighted by molar-refractivity contribution is 5.95. The molecule has 1 aliphatic rings. The monoisotopic (exact) mass is 244 g/mol. The summed E-state index contributed by atoms with van der Waals surface area (Å²) in [4.78, 5) is 11.4. The van der Waals surface area contributed by atoms with Crippen molar-refractivity contribution in [1.82, 2.24) is 0 Å². The first-order valence-electron chi connectivity index (χ1n) is 6.58. The lowest BCUT2D eigenvalue weighted by atomic mass is 9.96. The molecule has 0 aromatic carbocycles. The van der Waals surface area contributed by atoms with Gasteiger partial charge in [-0.2, -0.15) is 8.78 Å². The number of allylic oxidation sites excluding steroid dienone is 2. The molecule has 0 amide bonds. The Kier molecular flexibility index (Phi) is 5.29. The van der Waals surface area contributed by atoms with E-state index in [2.05, 4.69) is 6.92 Å². The molecule has 1 aliphatic carbocycles. The van der Waals surface area contributed by atoms with Crippen LogP contribution in [0.2, 0.25) is 0 Å². The zero-order chi connectivity index (χ0) is 12.9. The highest BCUT2D eigenvalue weighted by Gasteiger charge is 2.35. The highest BCUT2D eigenvalue weighted by atomic mass is 19.3. The predicted molar refractivity (Wildman–Crippen MR) is 65.1 cm³/mol. The van der Waals surface area contributed by atoms with E-state index in [1.54, 1.807) is 6.08 Å². The van der Waals surface area contributed by atoms with Gasteiger partial charge in [0.15, 0.2) is 0 Å². The van der Waals surface area contributed by atoms with Crippen molar-refractivity contribution in [2.24, 2.45) is 11.8 Å². The van der Waals surface area contributed by atoms with Crippen LogP contribution in [0.3, 0.4) is 0 Å². The molecule has 0 spiro atoms. The fraction of sp³-hybridized carbons (Fsp3) is 0.786. The first-order chi connectivity index (χ1) is 7.97. The molecule has 0 heterocycles. The molecule has 1 saturated carbocycles. The largest absolute Gasteiger partial charge is 0.309 e. The average Bonchev–Trinajstić information content (AvgIpc) is 2.69. The summed E-state index contributed by atoms with van der Waals surface area (Å²) in [5.41, 5.74) is 0. The topological polar surface area (TPSA) is 17.1 Å². The lowest BCUT2D eigenvalue weighted by Gasteiger charge is -2.13. The van der Waals surface area contributed by atoms with Crippen LogP contribution in [-0.4, -0.2) is 11.7 Å². The second-order valence-corrected chi connectivity index (χ2v) is 5.10. The number of carbonyl (C=O) groups is 1. The summed E-state index contributed by atoms with van der Waals surface area (Å²) < 4.78 is 26.7. The number of halogens is 2. The van der Waals surface area contributed by atoms with Gasteiger partial charge in [0.25, 0.3) is 0 Å². The van der Waals surface area contributed by atoms with E-state index in [4.69, 9.17) is 0 Å². The summed E-state index contributed by atoms with van der Waals surface area (Å²) in [6.45, 7) is 3.96. The standard InChI is InChI=1S/C14H22F2O/c1-3-4-10-14(15,16)13(17)9-8-12-7-5-6-11(12)2/h8-9,11-12H,3-7,10H2,1-2H3/b9-8+/t11?,12-/m1/s1. The van der Waals surface area contributed by atoms with Crippen LogP contribution in [-0.2, 0) is 4.79 Å². The van der Waals surface area contributed by atoms with Crippen LogP contribution in [0.1, 0.15) is 52.4 Å². The maximum atomic E-state index is 13.4. The third-order valence-corrected chi connectivity index (χ3v) is 3.63. The number of hydrogen-bond acceptors (Lipinski definition) is 1. The normalized spacial score (nSPS) is 25.6. The van der Waals surface area contributed by atoms with Crippen LogP contribution in [0.5, 0.6) is 0 Å². The molecule has 1 fully saturated rings. The quantitative estimate of drug-likeness (QED) is 0.634. The van der Waals surface area contributed by atoms with Gasteiger partial charge < -0.3 is 0 Å². The first kappa shape index (κ1) is 14.3. The maximum Gasteiger partial charge on any atom is 0.309 e. The summed E-state index contributed by atoms with van der Waals surface area (Å²) in [5.74, 6) is -3.37. The van der Waals surface area contributed by atoms with Gasteiger partial charge in [-0.05, 0) is 30.8 Å². The zero-order valence-electron chi connectivity index (χ0n) is 10.7. The van der Waals surface area contributed by atoms with Crippen LogP contribution in [0.4, 0.5) is 8.78 Å². The number of ketones is 1. The van der Waals surface area contributed by atoms with Crippen LogP contribution >= 0.6 is 0 Å². The van der Waals surface area contributed by atoms with E-state index in [-0.39, 0.29) is 6.42 Å². The number of hydrogen-bond donors (Lipinski definition) is 0. The van der Waals surface area contributed by atoms with Gasteiger partial charge in [0, 0.05) is 6.42 Å². The number of alkyl halides is 2. The van der Waals surface area contributed by atoms with Crippen LogP contribution in [0.15, 0.2) is 12.2 Å². The Bertz CT molecular complexity index is 284. The third kappa shape index (κ3) is 4.21. The lowest BCUT2D eigenvalue weighted by molar-refractivity contribution is -0.138. The van der Waals surface area contributed by atoms with Gasteiger partial charge in [0.05, 0.1) is 0 Å². The lowest BCUT2D eigenvalue weighted by Crippen LogP contribution is -2.26. The predicted octanol–water partition coefficient (Wildman–Crippen LogP) is 4.37. The fourth-order valence-corrected chi connectivity index (χ4v) is 2.31. The number of carbonyl (C=O) groups excluding carboxylic acids is 1. The van der Waals surface area contributed by atoms with E-state index >= 15 is 0 Å². The van der Waals surface area contributed by atoms with E-state index in [9.17, 15) is 13.6 Å². The van der Waals surface area contributed by atoms with Gasteiger partial charge in [-0.3, -0.25) is 4.79 Å². The molecule has 98 valence electrons. The second kappa shape index (κ2) is 6.27. The third-order valence-electron chi connectivity index (χ3n) is 3.63. The molecule has 1 nitrogen and oxygen atoms in total. The van der Waals surface area contributed by atoms with Crippen molar-refractivity contribution in [3.05, 3.63) is 12.2 Å². The van der Waals surface area contributed by atoms with E-state index in [1.807, 2.05) is 6.92 Å². The smallest absolute Gasteiger partial charge is 0.288 e. The molecule has 17 heavy (non-hydrogen) atoms. The van der Waals surface area contributed by atoms with E-state index in [1.165, 1.54) is 0 Å². The second-order valence-electron chi connectivity index (χ2n) is 5.10. The summed E-state index contributed by atoms with van der Waals surface area (Å²) in [5, 5.41) is 0. The Morgan fingerprint density at radius 1 is 1.41 bits per heavy atom. The van der Waals surface area contributed by atoms with Crippen molar-refractivity contribution in [2.75, 3.05) is 0 Å². The van der Waals surface area contributed by atoms with Crippen molar-refractivity contribution in [2.45, 2.75) is 58.3 Å². The Labute approximate surface area is 102 Å². The zero-order valence-corrected chi connectivity index (χ0v) is 10.7. The molecule has 1 unspecified atom stereocenters. The maximum absolute atomic E-state index is 13.4. The Balaban J connectivity index is 2.49. The minimum Gasteiger partial charge on any atom is -0.288 e. The minimum absolute atomic E-state index is 0.306. The SMILES string of the molecule is CCCCC(F)(F)C(=O)/C=C/[C@H]1CCCC1C. The summed E-state index contributed by atoms with van der Waals surface area (Å²) in [7, 11) is 0. The van der Waals surface area contributed by atoms with Gasteiger partial charge in [-0.1, -0.05) is 39.2 Å². The molecule has 2 atom stereocenters. The summed E-state index contributed by atoms with van der Waals surface area (Å²) >= 11 is 0. The van der Waals surface area contributed by atoms with Crippen LogP contribution in [0.25, 0.3) is 0 Å². The van der Waals surface area contributed by atoms with Crippen LogP contribution in [0, 0.1) is 11.8 Å². The molecule has 0 bridgehead atoms. The van der Waals surface area contributed by atoms with Crippen molar-refractivity contribution in [3.8, 4) is 0 Å². The molecular weight excluding hydrogens is 222 g/mol. The summed E-state index contributed by atoms with van der Waals surface area (Å²) in [6.07, 6.45) is 6.85. The highest BCUT2D eigenvalue weighted by Crippen LogP contribution is 2.32. The Hall–Kier alpha value is -0.730. The van der Waals surface area contributed by atoms with Gasteiger partial charge >= 0.3 is 5.92 Å². The van der Waals surface area contributed by atoms with E-state index in [0.717, 1.165) is 25.3 Å². The number of unbranched alkanes of at least 4 members (excludes halogenated alkanes) is 1. The Morgan fingerprint density at radius 3 is 2.65 bits per heavy atom.